The van der Waals surface area contributed by atoms with Gasteiger partial charge >= 0.3 is 11.9 Å². The SMILES string of the molecule is CC(C)OC(=O)CCCCCCCC(=O)OC(C)(C)C. The first-order chi connectivity index (χ1) is 9.20. The smallest absolute Gasteiger partial charge is 0.306 e. The lowest BCUT2D eigenvalue weighted by Gasteiger charge is -2.19. The van der Waals surface area contributed by atoms with Gasteiger partial charge in [0, 0.05) is 12.8 Å². The van der Waals surface area contributed by atoms with Crippen LogP contribution in [0.4, 0.5) is 0 Å². The minimum Gasteiger partial charge on any atom is -0.463 e. The maximum atomic E-state index is 11.5. The van der Waals surface area contributed by atoms with E-state index in [1.807, 2.05) is 34.6 Å². The van der Waals surface area contributed by atoms with Gasteiger partial charge in [-0.15, -0.1) is 0 Å². The number of rotatable bonds is 9. The molecular formula is C16H30O4. The van der Waals surface area contributed by atoms with Crippen LogP contribution in [0.1, 0.15) is 79.6 Å². The minimum absolute atomic E-state index is 0.0312. The molecule has 0 N–H and O–H groups in total. The summed E-state index contributed by atoms with van der Waals surface area (Å²) in [5.74, 6) is -0.244. The highest BCUT2D eigenvalue weighted by atomic mass is 16.6. The van der Waals surface area contributed by atoms with E-state index in [2.05, 4.69) is 0 Å². The molecule has 0 fully saturated rings. The standard InChI is InChI=1S/C16H30O4/c1-13(2)19-14(17)11-9-7-6-8-10-12-15(18)20-16(3,4)5/h13H,6-12H2,1-5H3. The van der Waals surface area contributed by atoms with Crippen molar-refractivity contribution in [1.29, 1.82) is 0 Å². The fourth-order valence-electron chi connectivity index (χ4n) is 1.78. The number of hydrogen-bond acceptors (Lipinski definition) is 4. The third-order valence-corrected chi connectivity index (χ3v) is 2.55. The molecule has 4 heteroatoms. The van der Waals surface area contributed by atoms with Gasteiger partial charge < -0.3 is 9.47 Å². The van der Waals surface area contributed by atoms with Crippen LogP contribution in [-0.2, 0) is 19.1 Å². The quantitative estimate of drug-likeness (QED) is 0.474. The zero-order valence-corrected chi connectivity index (χ0v) is 13.7. The molecule has 0 aromatic carbocycles. The van der Waals surface area contributed by atoms with E-state index < -0.39 is 5.60 Å². The van der Waals surface area contributed by atoms with Crippen molar-refractivity contribution in [3.63, 3.8) is 0 Å². The number of esters is 2. The monoisotopic (exact) mass is 286 g/mol. The Morgan fingerprint density at radius 3 is 1.75 bits per heavy atom. The van der Waals surface area contributed by atoms with Crippen LogP contribution < -0.4 is 0 Å². The Hall–Kier alpha value is -1.06. The fourth-order valence-corrected chi connectivity index (χ4v) is 1.78. The zero-order valence-electron chi connectivity index (χ0n) is 13.7. The normalized spacial score (nSPS) is 11.5. The third-order valence-electron chi connectivity index (χ3n) is 2.55. The van der Waals surface area contributed by atoms with Gasteiger partial charge in [0.1, 0.15) is 5.60 Å². The lowest BCUT2D eigenvalue weighted by molar-refractivity contribution is -0.155. The van der Waals surface area contributed by atoms with E-state index >= 15 is 0 Å². The van der Waals surface area contributed by atoms with E-state index in [-0.39, 0.29) is 18.0 Å². The minimum atomic E-state index is -0.395. The molecule has 0 aliphatic rings. The van der Waals surface area contributed by atoms with Crippen LogP contribution in [0.25, 0.3) is 0 Å². The van der Waals surface area contributed by atoms with Crippen LogP contribution in [0.3, 0.4) is 0 Å². The summed E-state index contributed by atoms with van der Waals surface area (Å²) in [5.41, 5.74) is -0.395. The first-order valence-electron chi connectivity index (χ1n) is 7.62. The van der Waals surface area contributed by atoms with Gasteiger partial charge in [-0.1, -0.05) is 19.3 Å². The van der Waals surface area contributed by atoms with Crippen molar-refractivity contribution < 1.29 is 19.1 Å². The average molecular weight is 286 g/mol. The summed E-state index contributed by atoms with van der Waals surface area (Å²) in [7, 11) is 0. The number of carbonyl (C=O) groups excluding carboxylic acids is 2. The summed E-state index contributed by atoms with van der Waals surface area (Å²) in [5, 5.41) is 0. The van der Waals surface area contributed by atoms with Gasteiger partial charge in [-0.05, 0) is 47.5 Å². The van der Waals surface area contributed by atoms with Crippen molar-refractivity contribution in [2.75, 3.05) is 0 Å². The molecule has 20 heavy (non-hydrogen) atoms. The fraction of sp³-hybridized carbons (Fsp3) is 0.875. The maximum absolute atomic E-state index is 11.5. The molecular weight excluding hydrogens is 256 g/mol. The van der Waals surface area contributed by atoms with E-state index in [0.29, 0.717) is 12.8 Å². The summed E-state index contributed by atoms with van der Waals surface area (Å²) in [6, 6.07) is 0. The molecule has 0 aromatic rings. The predicted octanol–water partition coefficient (Wildman–Crippen LogP) is 4.01. The Labute approximate surface area is 123 Å². The highest BCUT2D eigenvalue weighted by Gasteiger charge is 2.15. The Kier molecular flexibility index (Phi) is 9.26. The van der Waals surface area contributed by atoms with Gasteiger partial charge in [-0.2, -0.15) is 0 Å². The van der Waals surface area contributed by atoms with Gasteiger partial charge in [-0.3, -0.25) is 9.59 Å². The van der Waals surface area contributed by atoms with Crippen molar-refractivity contribution in [2.45, 2.75) is 91.3 Å². The van der Waals surface area contributed by atoms with Gasteiger partial charge in [0.25, 0.3) is 0 Å². The zero-order chi connectivity index (χ0) is 15.6. The first kappa shape index (κ1) is 18.9. The summed E-state index contributed by atoms with van der Waals surface area (Å²) in [4.78, 5) is 22.7. The second-order valence-corrected chi connectivity index (χ2v) is 6.39. The van der Waals surface area contributed by atoms with Gasteiger partial charge in [-0.25, -0.2) is 0 Å². The predicted molar refractivity (Wildman–Crippen MR) is 79.4 cm³/mol. The van der Waals surface area contributed by atoms with E-state index in [1.165, 1.54) is 0 Å². The molecule has 0 aliphatic heterocycles. The Morgan fingerprint density at radius 1 is 0.850 bits per heavy atom. The topological polar surface area (TPSA) is 52.6 Å². The second kappa shape index (κ2) is 9.78. The van der Waals surface area contributed by atoms with Crippen molar-refractivity contribution in [1.82, 2.24) is 0 Å². The third kappa shape index (κ3) is 13.4. The van der Waals surface area contributed by atoms with Gasteiger partial charge in [0.2, 0.25) is 0 Å². The molecule has 0 saturated heterocycles. The molecule has 0 unspecified atom stereocenters. The number of unbranched alkanes of at least 4 members (excludes halogenated alkanes) is 4. The molecule has 0 saturated carbocycles. The molecule has 0 aliphatic carbocycles. The molecule has 118 valence electrons. The van der Waals surface area contributed by atoms with E-state index in [1.54, 1.807) is 0 Å². The molecule has 0 aromatic heterocycles. The second-order valence-electron chi connectivity index (χ2n) is 6.39. The summed E-state index contributed by atoms with van der Waals surface area (Å²) < 4.78 is 10.3. The Balaban J connectivity index is 3.41. The molecule has 0 radical (unpaired) electrons. The molecule has 0 heterocycles. The van der Waals surface area contributed by atoms with Crippen molar-refractivity contribution in [2.24, 2.45) is 0 Å². The summed E-state index contributed by atoms with van der Waals surface area (Å²) in [6.07, 6.45) is 5.69. The van der Waals surface area contributed by atoms with Crippen LogP contribution >= 0.6 is 0 Å². The van der Waals surface area contributed by atoms with Crippen molar-refractivity contribution in [3.8, 4) is 0 Å². The highest BCUT2D eigenvalue weighted by Crippen LogP contribution is 2.12. The molecule has 4 nitrogen and oxygen atoms in total. The summed E-state index contributed by atoms with van der Waals surface area (Å²) >= 11 is 0. The molecule has 0 bridgehead atoms. The largest absolute Gasteiger partial charge is 0.463 e. The van der Waals surface area contributed by atoms with Gasteiger partial charge in [0.15, 0.2) is 0 Å². The number of ether oxygens (including phenoxy) is 2. The van der Waals surface area contributed by atoms with Gasteiger partial charge in [0.05, 0.1) is 6.10 Å². The maximum Gasteiger partial charge on any atom is 0.306 e. The van der Waals surface area contributed by atoms with Crippen LogP contribution in [0.15, 0.2) is 0 Å². The van der Waals surface area contributed by atoms with Crippen LogP contribution in [0.5, 0.6) is 0 Å². The lowest BCUT2D eigenvalue weighted by atomic mass is 10.1. The van der Waals surface area contributed by atoms with E-state index in [0.717, 1.165) is 32.1 Å². The van der Waals surface area contributed by atoms with Crippen molar-refractivity contribution in [3.05, 3.63) is 0 Å². The molecule has 0 spiro atoms. The average Bonchev–Trinajstić information content (AvgIpc) is 2.24. The molecule has 0 atom stereocenters. The summed E-state index contributed by atoms with van der Waals surface area (Å²) in [6.45, 7) is 9.34. The highest BCUT2D eigenvalue weighted by molar-refractivity contribution is 5.70. The van der Waals surface area contributed by atoms with Crippen LogP contribution in [0, 0.1) is 0 Å². The Bertz CT molecular complexity index is 289. The lowest BCUT2D eigenvalue weighted by Crippen LogP contribution is -2.23. The number of carbonyl (C=O) groups is 2. The van der Waals surface area contributed by atoms with E-state index in [4.69, 9.17) is 9.47 Å². The Morgan fingerprint density at radius 2 is 1.30 bits per heavy atom. The van der Waals surface area contributed by atoms with Crippen LogP contribution in [-0.4, -0.2) is 23.6 Å². The molecule has 0 amide bonds. The van der Waals surface area contributed by atoms with Crippen molar-refractivity contribution >= 4 is 11.9 Å². The molecule has 0 rings (SSSR count). The number of hydrogen-bond donors (Lipinski definition) is 0. The van der Waals surface area contributed by atoms with Crippen LogP contribution in [0.2, 0.25) is 0 Å². The van der Waals surface area contributed by atoms with E-state index in [9.17, 15) is 9.59 Å². The first-order valence-corrected chi connectivity index (χ1v) is 7.62.